The molecule has 1 heteroatoms. The number of nitrogens with two attached hydrogens (primary N) is 1. The summed E-state index contributed by atoms with van der Waals surface area (Å²) in [5.41, 5.74) is 5.97. The fraction of sp³-hybridized carbons (Fsp3) is 1.00. The van der Waals surface area contributed by atoms with E-state index in [1.165, 1.54) is 77.0 Å². The predicted molar refractivity (Wildman–Crippen MR) is 86.3 cm³/mol. The van der Waals surface area contributed by atoms with Crippen molar-refractivity contribution < 1.29 is 0 Å². The Morgan fingerprint density at radius 2 is 1.53 bits per heavy atom. The topological polar surface area (TPSA) is 26.0 Å². The van der Waals surface area contributed by atoms with Gasteiger partial charge in [-0.05, 0) is 37.1 Å². The lowest BCUT2D eigenvalue weighted by atomic mass is 9.71. The summed E-state index contributed by atoms with van der Waals surface area (Å²) in [5, 5.41) is 0. The Labute approximate surface area is 121 Å². The molecular weight excluding hydrogens is 230 g/mol. The van der Waals surface area contributed by atoms with Crippen molar-refractivity contribution in [3.63, 3.8) is 0 Å². The van der Waals surface area contributed by atoms with E-state index in [1.807, 2.05) is 0 Å². The molecule has 1 aliphatic carbocycles. The second kappa shape index (κ2) is 10.7. The molecule has 0 aromatic carbocycles. The van der Waals surface area contributed by atoms with Crippen LogP contribution in [0, 0.1) is 17.8 Å². The second-order valence-electron chi connectivity index (χ2n) is 6.75. The molecule has 0 spiro atoms. The highest BCUT2D eigenvalue weighted by Crippen LogP contribution is 2.37. The van der Waals surface area contributed by atoms with Crippen LogP contribution in [0.2, 0.25) is 0 Å². The van der Waals surface area contributed by atoms with Crippen LogP contribution in [0.1, 0.15) is 90.9 Å². The average Bonchev–Trinajstić information content (AvgIpc) is 2.46. The van der Waals surface area contributed by atoms with Gasteiger partial charge in [-0.1, -0.05) is 78.1 Å². The lowest BCUT2D eigenvalue weighted by Crippen LogP contribution is -2.30. The Kier molecular flexibility index (Phi) is 9.59. The van der Waals surface area contributed by atoms with Gasteiger partial charge in [0.05, 0.1) is 0 Å². The first-order valence-electron chi connectivity index (χ1n) is 9.01. The van der Waals surface area contributed by atoms with E-state index >= 15 is 0 Å². The van der Waals surface area contributed by atoms with Crippen LogP contribution in [0.3, 0.4) is 0 Å². The van der Waals surface area contributed by atoms with Crippen molar-refractivity contribution in [1.82, 2.24) is 0 Å². The van der Waals surface area contributed by atoms with E-state index in [0.29, 0.717) is 0 Å². The zero-order valence-corrected chi connectivity index (χ0v) is 13.5. The molecule has 1 fully saturated rings. The van der Waals surface area contributed by atoms with Crippen LogP contribution in [0.5, 0.6) is 0 Å². The molecule has 0 amide bonds. The molecule has 2 N–H and O–H groups in total. The van der Waals surface area contributed by atoms with E-state index in [2.05, 4.69) is 13.8 Å². The summed E-state index contributed by atoms with van der Waals surface area (Å²) in [6.45, 7) is 5.58. The van der Waals surface area contributed by atoms with Gasteiger partial charge in [0.25, 0.3) is 0 Å². The van der Waals surface area contributed by atoms with E-state index in [9.17, 15) is 0 Å². The summed E-state index contributed by atoms with van der Waals surface area (Å²) in [7, 11) is 0. The van der Waals surface area contributed by atoms with E-state index in [1.54, 1.807) is 0 Å². The number of hydrogen-bond donors (Lipinski definition) is 1. The van der Waals surface area contributed by atoms with Crippen molar-refractivity contribution >= 4 is 0 Å². The van der Waals surface area contributed by atoms with Gasteiger partial charge in [-0.3, -0.25) is 0 Å². The summed E-state index contributed by atoms with van der Waals surface area (Å²) >= 11 is 0. The second-order valence-corrected chi connectivity index (χ2v) is 6.75. The minimum Gasteiger partial charge on any atom is -0.330 e. The fourth-order valence-electron chi connectivity index (χ4n) is 3.82. The maximum Gasteiger partial charge on any atom is -0.00462 e. The average molecular weight is 268 g/mol. The van der Waals surface area contributed by atoms with Crippen molar-refractivity contribution in [3.8, 4) is 0 Å². The molecule has 3 unspecified atom stereocenters. The van der Waals surface area contributed by atoms with Gasteiger partial charge in [0, 0.05) is 0 Å². The predicted octanol–water partition coefficient (Wildman–Crippen LogP) is 5.53. The molecule has 19 heavy (non-hydrogen) atoms. The number of unbranched alkanes of at least 4 members (excludes halogenated alkanes) is 6. The first kappa shape index (κ1) is 17.0. The van der Waals surface area contributed by atoms with Crippen molar-refractivity contribution in [3.05, 3.63) is 0 Å². The Morgan fingerprint density at radius 3 is 2.16 bits per heavy atom. The molecule has 0 bridgehead atoms. The Bertz CT molecular complexity index is 202. The zero-order valence-electron chi connectivity index (χ0n) is 13.5. The Morgan fingerprint density at radius 1 is 0.842 bits per heavy atom. The van der Waals surface area contributed by atoms with Gasteiger partial charge in [-0.2, -0.15) is 0 Å². The van der Waals surface area contributed by atoms with Crippen molar-refractivity contribution in [1.29, 1.82) is 0 Å². The minimum absolute atomic E-state index is 0.836. The molecule has 1 aliphatic rings. The van der Waals surface area contributed by atoms with Gasteiger partial charge in [0.1, 0.15) is 0 Å². The summed E-state index contributed by atoms with van der Waals surface area (Å²) in [6.07, 6.45) is 17.2. The molecule has 1 nitrogen and oxygen atoms in total. The maximum absolute atomic E-state index is 5.97. The van der Waals surface area contributed by atoms with Gasteiger partial charge in [0.15, 0.2) is 0 Å². The molecule has 0 heterocycles. The van der Waals surface area contributed by atoms with Gasteiger partial charge >= 0.3 is 0 Å². The van der Waals surface area contributed by atoms with Crippen molar-refractivity contribution in [2.24, 2.45) is 23.5 Å². The summed E-state index contributed by atoms with van der Waals surface area (Å²) in [6, 6.07) is 0. The lowest BCUT2D eigenvalue weighted by Gasteiger charge is -2.35. The highest BCUT2D eigenvalue weighted by molar-refractivity contribution is 4.80. The quantitative estimate of drug-likeness (QED) is 0.518. The molecular formula is C18H37N. The van der Waals surface area contributed by atoms with E-state index in [0.717, 1.165) is 24.3 Å². The van der Waals surface area contributed by atoms with Crippen molar-refractivity contribution in [2.75, 3.05) is 6.54 Å². The van der Waals surface area contributed by atoms with Crippen LogP contribution >= 0.6 is 0 Å². The van der Waals surface area contributed by atoms with Gasteiger partial charge < -0.3 is 5.73 Å². The molecule has 0 saturated heterocycles. The van der Waals surface area contributed by atoms with Gasteiger partial charge in [-0.15, -0.1) is 0 Å². The van der Waals surface area contributed by atoms with Gasteiger partial charge in [0.2, 0.25) is 0 Å². The van der Waals surface area contributed by atoms with Crippen LogP contribution in [0.4, 0.5) is 0 Å². The zero-order chi connectivity index (χ0) is 13.9. The van der Waals surface area contributed by atoms with Crippen LogP contribution in [-0.4, -0.2) is 6.54 Å². The van der Waals surface area contributed by atoms with E-state index in [4.69, 9.17) is 5.73 Å². The van der Waals surface area contributed by atoms with Crippen LogP contribution in [0.25, 0.3) is 0 Å². The Hall–Kier alpha value is -0.0400. The van der Waals surface area contributed by atoms with E-state index < -0.39 is 0 Å². The van der Waals surface area contributed by atoms with Crippen LogP contribution in [0.15, 0.2) is 0 Å². The van der Waals surface area contributed by atoms with E-state index in [-0.39, 0.29) is 0 Å². The third-order valence-corrected chi connectivity index (χ3v) is 5.31. The summed E-state index contributed by atoms with van der Waals surface area (Å²) in [5.74, 6) is 2.78. The molecule has 0 aromatic heterocycles. The largest absolute Gasteiger partial charge is 0.330 e. The maximum atomic E-state index is 5.97. The molecule has 0 radical (unpaired) electrons. The molecule has 3 atom stereocenters. The van der Waals surface area contributed by atoms with Crippen molar-refractivity contribution in [2.45, 2.75) is 90.9 Å². The number of rotatable bonds is 10. The minimum atomic E-state index is 0.836. The van der Waals surface area contributed by atoms with Gasteiger partial charge in [-0.25, -0.2) is 0 Å². The lowest BCUT2D eigenvalue weighted by molar-refractivity contribution is 0.168. The first-order chi connectivity index (χ1) is 9.31. The third kappa shape index (κ3) is 6.79. The molecule has 1 saturated carbocycles. The highest BCUT2D eigenvalue weighted by Gasteiger charge is 2.28. The summed E-state index contributed by atoms with van der Waals surface area (Å²) in [4.78, 5) is 0. The normalized spacial score (nSPS) is 27.6. The standard InChI is InChI=1S/C18H37N/c1-3-5-6-7-8-9-10-11-17-14-16(4-2)12-13-18(17)15-19/h16-18H,3-15,19H2,1-2H3. The Balaban J connectivity index is 2.11. The number of hydrogen-bond acceptors (Lipinski definition) is 1. The monoisotopic (exact) mass is 267 g/mol. The smallest absolute Gasteiger partial charge is 0.00462 e. The van der Waals surface area contributed by atoms with Crippen LogP contribution in [-0.2, 0) is 0 Å². The fourth-order valence-corrected chi connectivity index (χ4v) is 3.82. The summed E-state index contributed by atoms with van der Waals surface area (Å²) < 4.78 is 0. The molecule has 1 rings (SSSR count). The highest BCUT2D eigenvalue weighted by atomic mass is 14.6. The molecule has 114 valence electrons. The third-order valence-electron chi connectivity index (χ3n) is 5.31. The molecule has 0 aromatic rings. The van der Waals surface area contributed by atoms with Crippen LogP contribution < -0.4 is 5.73 Å². The SMILES string of the molecule is CCCCCCCCCC1CC(CC)CCC1CN. The molecule has 0 aliphatic heterocycles. The first-order valence-corrected chi connectivity index (χ1v) is 9.01.